The third-order valence-corrected chi connectivity index (χ3v) is 4.82. The largest absolute Gasteiger partial charge is 0.454 e. The molecule has 0 fully saturated rings. The highest BCUT2D eigenvalue weighted by Crippen LogP contribution is 2.32. The van der Waals surface area contributed by atoms with Crippen molar-refractivity contribution in [2.45, 2.75) is 11.5 Å². The molecule has 1 aromatic heterocycles. The van der Waals surface area contributed by atoms with E-state index in [0.717, 1.165) is 12.3 Å². The number of sulfone groups is 1. The Morgan fingerprint density at radius 1 is 1.07 bits per heavy atom. The maximum absolute atomic E-state index is 13.1. The number of aliphatic hydroxyl groups is 1. The first kappa shape index (κ1) is 18.8. The Labute approximate surface area is 154 Å². The van der Waals surface area contributed by atoms with Crippen molar-refractivity contribution in [1.82, 2.24) is 0 Å². The summed E-state index contributed by atoms with van der Waals surface area (Å²) in [6.45, 7) is -0.500. The molecule has 2 aromatic carbocycles. The maximum Gasteiger partial charge on any atom is 0.228 e. The van der Waals surface area contributed by atoms with Gasteiger partial charge in [-0.05, 0) is 48.5 Å². The molecular formula is C19H15FO6S. The van der Waals surface area contributed by atoms with E-state index < -0.39 is 27.7 Å². The standard InChI is InChI=1S/C19H15FO6S/c1-27(23,24)16-8-2-12(3-9-16)18-19(17(22)10-15(11-21)26-18)25-14-6-4-13(20)5-7-14/h2-10,21H,11H2,1H3. The van der Waals surface area contributed by atoms with Gasteiger partial charge in [-0.15, -0.1) is 0 Å². The first-order chi connectivity index (χ1) is 12.8. The molecule has 0 unspecified atom stereocenters. The van der Waals surface area contributed by atoms with Crippen molar-refractivity contribution >= 4 is 9.84 Å². The summed E-state index contributed by atoms with van der Waals surface area (Å²) in [5, 5.41) is 9.30. The first-order valence-electron chi connectivity index (χ1n) is 7.80. The molecule has 6 nitrogen and oxygen atoms in total. The highest BCUT2D eigenvalue weighted by molar-refractivity contribution is 7.90. The minimum atomic E-state index is -3.38. The smallest absolute Gasteiger partial charge is 0.228 e. The van der Waals surface area contributed by atoms with Crippen LogP contribution in [0.1, 0.15) is 5.76 Å². The topological polar surface area (TPSA) is 93.8 Å². The van der Waals surface area contributed by atoms with Gasteiger partial charge in [0.05, 0.1) is 4.90 Å². The molecule has 3 rings (SSSR count). The molecule has 8 heteroatoms. The quantitative estimate of drug-likeness (QED) is 0.719. The monoisotopic (exact) mass is 390 g/mol. The maximum atomic E-state index is 13.1. The van der Waals surface area contributed by atoms with Crippen LogP contribution in [-0.4, -0.2) is 19.8 Å². The number of ether oxygens (including phenoxy) is 1. The summed E-state index contributed by atoms with van der Waals surface area (Å²) in [5.74, 6) is -0.355. The molecule has 0 bridgehead atoms. The van der Waals surface area contributed by atoms with Gasteiger partial charge in [0.1, 0.15) is 23.9 Å². The van der Waals surface area contributed by atoms with E-state index >= 15 is 0 Å². The molecular weight excluding hydrogens is 375 g/mol. The molecule has 0 spiro atoms. The van der Waals surface area contributed by atoms with Gasteiger partial charge in [-0.25, -0.2) is 12.8 Å². The van der Waals surface area contributed by atoms with E-state index in [-0.39, 0.29) is 27.9 Å². The third kappa shape index (κ3) is 4.24. The molecule has 1 N–H and O–H groups in total. The molecule has 0 saturated heterocycles. The Morgan fingerprint density at radius 2 is 1.70 bits per heavy atom. The SMILES string of the molecule is CS(=O)(=O)c1ccc(-c2oc(CO)cc(=O)c2Oc2ccc(F)cc2)cc1. The lowest BCUT2D eigenvalue weighted by Crippen LogP contribution is -2.07. The predicted octanol–water partition coefficient (Wildman–Crippen LogP) is 3.13. The molecule has 27 heavy (non-hydrogen) atoms. The van der Waals surface area contributed by atoms with E-state index in [1.807, 2.05) is 0 Å². The van der Waals surface area contributed by atoms with Crippen LogP contribution in [0.5, 0.6) is 11.5 Å². The zero-order chi connectivity index (χ0) is 19.6. The van der Waals surface area contributed by atoms with Gasteiger partial charge in [-0.2, -0.15) is 0 Å². The molecule has 140 valence electrons. The van der Waals surface area contributed by atoms with Crippen LogP contribution in [0, 0.1) is 5.82 Å². The lowest BCUT2D eigenvalue weighted by atomic mass is 10.1. The van der Waals surface area contributed by atoms with Crippen LogP contribution >= 0.6 is 0 Å². The minimum absolute atomic E-state index is 0.0219. The van der Waals surface area contributed by atoms with Gasteiger partial charge in [0, 0.05) is 17.9 Å². The second kappa shape index (κ2) is 7.34. The Bertz CT molecular complexity index is 1120. The van der Waals surface area contributed by atoms with Crippen LogP contribution in [0.25, 0.3) is 11.3 Å². The van der Waals surface area contributed by atoms with E-state index in [2.05, 4.69) is 0 Å². The average molecular weight is 390 g/mol. The molecule has 0 amide bonds. The van der Waals surface area contributed by atoms with E-state index in [0.29, 0.717) is 5.56 Å². The van der Waals surface area contributed by atoms with Gasteiger partial charge in [0.15, 0.2) is 15.6 Å². The fourth-order valence-corrected chi connectivity index (χ4v) is 3.00. The minimum Gasteiger partial charge on any atom is -0.454 e. The number of hydrogen-bond donors (Lipinski definition) is 1. The predicted molar refractivity (Wildman–Crippen MR) is 95.9 cm³/mol. The lowest BCUT2D eigenvalue weighted by Gasteiger charge is -2.11. The zero-order valence-electron chi connectivity index (χ0n) is 14.2. The third-order valence-electron chi connectivity index (χ3n) is 3.69. The second-order valence-corrected chi connectivity index (χ2v) is 7.76. The summed E-state index contributed by atoms with van der Waals surface area (Å²) in [6, 6.07) is 11.8. The van der Waals surface area contributed by atoms with Crippen LogP contribution in [0.15, 0.2) is 68.7 Å². The van der Waals surface area contributed by atoms with Crippen molar-refractivity contribution in [2.75, 3.05) is 6.26 Å². The second-order valence-electron chi connectivity index (χ2n) is 5.75. The van der Waals surface area contributed by atoms with E-state index in [1.165, 1.54) is 48.5 Å². The Balaban J connectivity index is 2.11. The Kier molecular flexibility index (Phi) is 5.11. The molecule has 0 aliphatic heterocycles. The van der Waals surface area contributed by atoms with Gasteiger partial charge in [-0.1, -0.05) is 0 Å². The molecule has 1 heterocycles. The summed E-state index contributed by atoms with van der Waals surface area (Å²) in [7, 11) is -3.38. The molecule has 0 saturated carbocycles. The van der Waals surface area contributed by atoms with Crippen LogP contribution in [0.3, 0.4) is 0 Å². The van der Waals surface area contributed by atoms with Crippen molar-refractivity contribution in [3.8, 4) is 22.8 Å². The van der Waals surface area contributed by atoms with Crippen molar-refractivity contribution in [2.24, 2.45) is 0 Å². The van der Waals surface area contributed by atoms with E-state index in [1.54, 1.807) is 0 Å². The summed E-state index contributed by atoms with van der Waals surface area (Å²) >= 11 is 0. The highest BCUT2D eigenvalue weighted by atomic mass is 32.2. The Morgan fingerprint density at radius 3 is 2.26 bits per heavy atom. The number of aliphatic hydroxyl groups excluding tert-OH is 1. The fraction of sp³-hybridized carbons (Fsp3) is 0.105. The van der Waals surface area contributed by atoms with E-state index in [4.69, 9.17) is 9.15 Å². The summed E-state index contributed by atoms with van der Waals surface area (Å²) in [6.07, 6.45) is 1.08. The summed E-state index contributed by atoms with van der Waals surface area (Å²) in [5.41, 5.74) is -0.163. The van der Waals surface area contributed by atoms with E-state index in [9.17, 15) is 22.7 Å². The van der Waals surface area contributed by atoms with Crippen molar-refractivity contribution in [3.05, 3.63) is 76.4 Å². The number of halogens is 1. The Hall–Kier alpha value is -2.97. The number of hydrogen-bond acceptors (Lipinski definition) is 6. The van der Waals surface area contributed by atoms with Gasteiger partial charge in [-0.3, -0.25) is 4.79 Å². The molecule has 0 aliphatic rings. The molecule has 0 atom stereocenters. The molecule has 0 radical (unpaired) electrons. The number of benzene rings is 2. The number of rotatable bonds is 5. The highest BCUT2D eigenvalue weighted by Gasteiger charge is 2.18. The van der Waals surface area contributed by atoms with Gasteiger partial charge in [0.25, 0.3) is 0 Å². The average Bonchev–Trinajstić information content (AvgIpc) is 2.64. The van der Waals surface area contributed by atoms with Crippen LogP contribution in [-0.2, 0) is 16.4 Å². The van der Waals surface area contributed by atoms with Crippen LogP contribution in [0.2, 0.25) is 0 Å². The van der Waals surface area contributed by atoms with Gasteiger partial charge < -0.3 is 14.3 Å². The van der Waals surface area contributed by atoms with Gasteiger partial charge >= 0.3 is 0 Å². The molecule has 3 aromatic rings. The zero-order valence-corrected chi connectivity index (χ0v) is 15.0. The van der Waals surface area contributed by atoms with Crippen molar-refractivity contribution in [3.63, 3.8) is 0 Å². The summed E-state index contributed by atoms with van der Waals surface area (Å²) in [4.78, 5) is 12.5. The normalized spacial score (nSPS) is 11.4. The van der Waals surface area contributed by atoms with Crippen molar-refractivity contribution < 1.29 is 27.1 Å². The van der Waals surface area contributed by atoms with Crippen LogP contribution in [0.4, 0.5) is 4.39 Å². The summed E-state index contributed by atoms with van der Waals surface area (Å²) < 4.78 is 47.4. The first-order valence-corrected chi connectivity index (χ1v) is 9.69. The fourth-order valence-electron chi connectivity index (χ4n) is 2.37. The van der Waals surface area contributed by atoms with Crippen LogP contribution < -0.4 is 10.2 Å². The lowest BCUT2D eigenvalue weighted by molar-refractivity contribution is 0.244. The molecule has 0 aliphatic carbocycles. The van der Waals surface area contributed by atoms with Gasteiger partial charge in [0.2, 0.25) is 11.2 Å². The van der Waals surface area contributed by atoms with Crippen molar-refractivity contribution in [1.29, 1.82) is 0 Å².